The lowest BCUT2D eigenvalue weighted by Gasteiger charge is -2.16. The summed E-state index contributed by atoms with van der Waals surface area (Å²) >= 11 is 0. The molecular weight excluding hydrogens is 162 g/mol. The number of hydrogen-bond donors (Lipinski definition) is 0. The fraction of sp³-hybridized carbons (Fsp3) is 0.400. The van der Waals surface area contributed by atoms with E-state index >= 15 is 0 Å². The molecular formula is C10H13BP+. The minimum atomic E-state index is -1.17. The van der Waals surface area contributed by atoms with E-state index in [9.17, 15) is 0 Å². The maximum Gasteiger partial charge on any atom is 0.371 e. The fourth-order valence-corrected chi connectivity index (χ4v) is 4.96. The van der Waals surface area contributed by atoms with E-state index in [0.717, 1.165) is 0 Å². The summed E-state index contributed by atoms with van der Waals surface area (Å²) in [5.41, 5.74) is 0. The molecule has 1 saturated heterocycles. The van der Waals surface area contributed by atoms with Gasteiger partial charge in [0.15, 0.2) is 0 Å². The first-order chi connectivity index (χ1) is 5.81. The zero-order valence-electron chi connectivity index (χ0n) is 7.24. The van der Waals surface area contributed by atoms with Crippen molar-refractivity contribution in [3.63, 3.8) is 0 Å². The second-order valence-corrected chi connectivity index (χ2v) is 7.00. The van der Waals surface area contributed by atoms with Crippen molar-refractivity contribution in [2.75, 3.05) is 12.3 Å². The van der Waals surface area contributed by atoms with Crippen molar-refractivity contribution in [3.05, 3.63) is 30.3 Å². The van der Waals surface area contributed by atoms with Gasteiger partial charge in [0.1, 0.15) is 0 Å². The van der Waals surface area contributed by atoms with E-state index in [1.165, 1.54) is 30.5 Å². The third-order valence-corrected chi connectivity index (χ3v) is 6.19. The quantitative estimate of drug-likeness (QED) is 0.453. The highest BCUT2D eigenvalue weighted by Crippen LogP contribution is 2.57. The molecule has 1 heterocycles. The molecule has 2 rings (SSSR count). The van der Waals surface area contributed by atoms with Gasteiger partial charge in [0, 0.05) is 12.3 Å². The van der Waals surface area contributed by atoms with Crippen LogP contribution in [0.3, 0.4) is 0 Å². The Morgan fingerprint density at radius 3 is 2.17 bits per heavy atom. The lowest BCUT2D eigenvalue weighted by atomic mass is 10.4. The van der Waals surface area contributed by atoms with Crippen LogP contribution in [0.15, 0.2) is 30.3 Å². The Balaban J connectivity index is 2.29. The van der Waals surface area contributed by atoms with E-state index in [4.69, 9.17) is 7.57 Å². The van der Waals surface area contributed by atoms with E-state index in [1.54, 1.807) is 0 Å². The normalized spacial score (nSPS) is 21.0. The summed E-state index contributed by atoms with van der Waals surface area (Å²) in [5.74, 6) is 0. The highest BCUT2D eigenvalue weighted by molar-refractivity contribution is 8.03. The second-order valence-electron chi connectivity index (χ2n) is 3.52. The van der Waals surface area contributed by atoms with Crippen LogP contribution in [0.25, 0.3) is 0 Å². The molecule has 1 aliphatic rings. The van der Waals surface area contributed by atoms with Crippen LogP contribution in [-0.2, 0) is 0 Å². The summed E-state index contributed by atoms with van der Waals surface area (Å²) in [6, 6.07) is 10.6. The van der Waals surface area contributed by atoms with Gasteiger partial charge in [0.2, 0.25) is 0 Å². The van der Waals surface area contributed by atoms with Crippen LogP contribution >= 0.6 is 7.14 Å². The predicted octanol–water partition coefficient (Wildman–Crippen LogP) is 2.21. The minimum absolute atomic E-state index is 1.17. The maximum absolute atomic E-state index is 6.39. The van der Waals surface area contributed by atoms with Gasteiger partial charge in [-0.15, -0.1) is 0 Å². The molecule has 0 aromatic heterocycles. The predicted molar refractivity (Wildman–Crippen MR) is 57.7 cm³/mol. The van der Waals surface area contributed by atoms with E-state index < -0.39 is 7.14 Å². The highest BCUT2D eigenvalue weighted by atomic mass is 31.2. The van der Waals surface area contributed by atoms with Crippen molar-refractivity contribution in [2.24, 2.45) is 0 Å². The molecule has 1 fully saturated rings. The Kier molecular flexibility index (Phi) is 2.23. The molecule has 12 heavy (non-hydrogen) atoms. The van der Waals surface area contributed by atoms with Crippen LogP contribution in [0.4, 0.5) is 0 Å². The first-order valence-electron chi connectivity index (χ1n) is 4.52. The highest BCUT2D eigenvalue weighted by Gasteiger charge is 2.37. The van der Waals surface area contributed by atoms with Gasteiger partial charge in [0.25, 0.3) is 0 Å². The largest absolute Gasteiger partial charge is 0.371 e. The summed E-state index contributed by atoms with van der Waals surface area (Å²) in [6.07, 6.45) is 5.19. The molecule has 1 aromatic rings. The van der Waals surface area contributed by atoms with Gasteiger partial charge in [-0.3, -0.25) is 0 Å². The van der Waals surface area contributed by atoms with Gasteiger partial charge in [-0.25, -0.2) is 0 Å². The molecule has 1 aliphatic heterocycles. The molecule has 60 valence electrons. The molecule has 1 aromatic carbocycles. The summed E-state index contributed by atoms with van der Waals surface area (Å²) in [5, 5.41) is 1.42. The molecule has 0 bridgehead atoms. The average Bonchev–Trinajstić information content (AvgIpc) is 2.55. The summed E-state index contributed by atoms with van der Waals surface area (Å²) in [7, 11) is 5.22. The first-order valence-corrected chi connectivity index (χ1v) is 6.75. The topological polar surface area (TPSA) is 0 Å². The van der Waals surface area contributed by atoms with Crippen LogP contribution in [0.1, 0.15) is 12.8 Å². The smallest absolute Gasteiger partial charge is 0.0620 e. The molecule has 0 unspecified atom stereocenters. The number of hydrogen-bond acceptors (Lipinski definition) is 0. The van der Waals surface area contributed by atoms with Gasteiger partial charge in [0.05, 0.1) is 5.30 Å². The molecule has 2 heteroatoms. The van der Waals surface area contributed by atoms with Crippen molar-refractivity contribution < 1.29 is 0 Å². The molecule has 0 atom stereocenters. The van der Waals surface area contributed by atoms with Crippen LogP contribution in [0, 0.1) is 0 Å². The zero-order chi connectivity index (χ0) is 8.44. The zero-order valence-corrected chi connectivity index (χ0v) is 8.13. The molecule has 0 nitrogen and oxygen atoms in total. The summed E-state index contributed by atoms with van der Waals surface area (Å²) in [6.45, 7) is 0. The molecule has 0 spiro atoms. The average molecular weight is 175 g/mol. The second kappa shape index (κ2) is 3.22. The van der Waals surface area contributed by atoms with E-state index in [1.807, 2.05) is 0 Å². The Morgan fingerprint density at radius 2 is 1.58 bits per heavy atom. The third kappa shape index (κ3) is 1.43. The SMILES string of the molecule is [B][P+]1(c2ccccc2)CCCC1. The van der Waals surface area contributed by atoms with Gasteiger partial charge >= 0.3 is 7.57 Å². The summed E-state index contributed by atoms with van der Waals surface area (Å²) in [4.78, 5) is 0. The maximum atomic E-state index is 6.39. The van der Waals surface area contributed by atoms with Crippen molar-refractivity contribution in [3.8, 4) is 0 Å². The lowest BCUT2D eigenvalue weighted by Crippen LogP contribution is -2.12. The fourth-order valence-electron chi connectivity index (χ4n) is 1.88. The Morgan fingerprint density at radius 1 is 1.00 bits per heavy atom. The van der Waals surface area contributed by atoms with Crippen LogP contribution < -0.4 is 5.30 Å². The van der Waals surface area contributed by atoms with E-state index in [0.29, 0.717) is 0 Å². The standard InChI is InChI=1S/C10H13BP/c11-12(8-4-5-9-12)10-6-2-1-3-7-10/h1-3,6-7H,4-5,8-9H2/q+1. The van der Waals surface area contributed by atoms with Gasteiger partial charge in [-0.05, 0) is 32.1 Å². The minimum Gasteiger partial charge on any atom is -0.0620 e. The third-order valence-electron chi connectivity index (χ3n) is 2.63. The number of rotatable bonds is 1. The van der Waals surface area contributed by atoms with Crippen molar-refractivity contribution in [1.82, 2.24) is 0 Å². The molecule has 0 N–H and O–H groups in total. The number of benzene rings is 1. The van der Waals surface area contributed by atoms with Crippen LogP contribution in [0.5, 0.6) is 0 Å². The van der Waals surface area contributed by atoms with Crippen molar-refractivity contribution in [2.45, 2.75) is 12.8 Å². The lowest BCUT2D eigenvalue weighted by molar-refractivity contribution is 0.949. The Bertz CT molecular complexity index is 252. The van der Waals surface area contributed by atoms with Crippen LogP contribution in [0.2, 0.25) is 0 Å². The monoisotopic (exact) mass is 175 g/mol. The van der Waals surface area contributed by atoms with E-state index in [-0.39, 0.29) is 0 Å². The van der Waals surface area contributed by atoms with Crippen molar-refractivity contribution in [1.29, 1.82) is 0 Å². The molecule has 2 radical (unpaired) electrons. The van der Waals surface area contributed by atoms with E-state index in [2.05, 4.69) is 30.3 Å². The Labute approximate surface area is 76.1 Å². The van der Waals surface area contributed by atoms with Crippen molar-refractivity contribution >= 4 is 20.0 Å². The molecule has 0 saturated carbocycles. The Hall–Kier alpha value is -0.285. The first kappa shape index (κ1) is 8.32. The van der Waals surface area contributed by atoms with Gasteiger partial charge in [-0.1, -0.05) is 18.2 Å². The molecule has 0 amide bonds. The van der Waals surface area contributed by atoms with Gasteiger partial charge in [-0.2, -0.15) is 0 Å². The molecule has 0 aliphatic carbocycles. The van der Waals surface area contributed by atoms with Gasteiger partial charge < -0.3 is 0 Å². The van der Waals surface area contributed by atoms with Crippen LogP contribution in [-0.4, -0.2) is 19.9 Å². The summed E-state index contributed by atoms with van der Waals surface area (Å²) < 4.78 is 0.